The van der Waals surface area contributed by atoms with Gasteiger partial charge in [-0.05, 0) is 26.8 Å². The molecule has 0 saturated carbocycles. The number of rotatable bonds is 3. The zero-order valence-electron chi connectivity index (χ0n) is 15.5. The monoisotopic (exact) mass is 366 g/mol. The fraction of sp³-hybridized carbons (Fsp3) is 0.556. The number of carbonyl (C=O) groups is 1. The number of benzene rings is 1. The predicted molar refractivity (Wildman–Crippen MR) is 97.2 cm³/mol. The Kier molecular flexibility index (Phi) is 6.42. The zero-order valence-corrected chi connectivity index (χ0v) is 15.5. The van der Waals surface area contributed by atoms with Gasteiger partial charge in [-0.3, -0.25) is 4.99 Å². The SMILES string of the molecule is CC(C)(C)OC(=O)N1CCN(C(N)=NCC(O)c2ccccc2F)CC1. The molecule has 1 aliphatic heterocycles. The number of halogens is 1. The first-order valence-electron chi connectivity index (χ1n) is 8.62. The van der Waals surface area contributed by atoms with Gasteiger partial charge in [0.15, 0.2) is 5.96 Å². The lowest BCUT2D eigenvalue weighted by Crippen LogP contribution is -2.53. The average molecular weight is 366 g/mol. The van der Waals surface area contributed by atoms with E-state index >= 15 is 0 Å². The Bertz CT molecular complexity index is 652. The molecule has 0 aliphatic carbocycles. The van der Waals surface area contributed by atoms with Crippen LogP contribution in [0.5, 0.6) is 0 Å². The number of hydrogen-bond donors (Lipinski definition) is 2. The molecular weight excluding hydrogens is 339 g/mol. The second-order valence-electron chi connectivity index (χ2n) is 7.19. The highest BCUT2D eigenvalue weighted by molar-refractivity contribution is 5.78. The molecule has 1 amide bonds. The highest BCUT2D eigenvalue weighted by Gasteiger charge is 2.26. The Labute approximate surface area is 153 Å². The topological polar surface area (TPSA) is 91.4 Å². The predicted octanol–water partition coefficient (Wildman–Crippen LogP) is 1.73. The summed E-state index contributed by atoms with van der Waals surface area (Å²) in [6, 6.07) is 6.03. The van der Waals surface area contributed by atoms with Crippen LogP contribution >= 0.6 is 0 Å². The summed E-state index contributed by atoms with van der Waals surface area (Å²) >= 11 is 0. The number of guanidine groups is 1. The molecule has 8 heteroatoms. The molecule has 1 atom stereocenters. The molecule has 1 heterocycles. The lowest BCUT2D eigenvalue weighted by molar-refractivity contribution is 0.0186. The molecule has 0 bridgehead atoms. The molecule has 1 unspecified atom stereocenters. The minimum atomic E-state index is -1.06. The van der Waals surface area contributed by atoms with Crippen molar-refractivity contribution in [1.82, 2.24) is 9.80 Å². The Balaban J connectivity index is 1.86. The van der Waals surface area contributed by atoms with E-state index in [1.807, 2.05) is 25.7 Å². The van der Waals surface area contributed by atoms with Crippen molar-refractivity contribution in [2.45, 2.75) is 32.5 Å². The van der Waals surface area contributed by atoms with Gasteiger partial charge < -0.3 is 25.4 Å². The number of amides is 1. The molecule has 1 saturated heterocycles. The van der Waals surface area contributed by atoms with Gasteiger partial charge in [0.2, 0.25) is 0 Å². The van der Waals surface area contributed by atoms with Crippen molar-refractivity contribution in [1.29, 1.82) is 0 Å². The van der Waals surface area contributed by atoms with Gasteiger partial charge in [0, 0.05) is 31.7 Å². The third-order valence-electron chi connectivity index (χ3n) is 3.95. The number of nitrogens with zero attached hydrogens (tertiary/aromatic N) is 3. The van der Waals surface area contributed by atoms with Crippen molar-refractivity contribution in [3.63, 3.8) is 0 Å². The maximum Gasteiger partial charge on any atom is 0.410 e. The van der Waals surface area contributed by atoms with Gasteiger partial charge in [0.25, 0.3) is 0 Å². The van der Waals surface area contributed by atoms with Gasteiger partial charge in [-0.25, -0.2) is 9.18 Å². The summed E-state index contributed by atoms with van der Waals surface area (Å²) < 4.78 is 19.0. The summed E-state index contributed by atoms with van der Waals surface area (Å²) in [5.41, 5.74) is 5.64. The van der Waals surface area contributed by atoms with Crippen LogP contribution in [0.15, 0.2) is 29.3 Å². The van der Waals surface area contributed by atoms with Crippen molar-refractivity contribution in [3.05, 3.63) is 35.6 Å². The third kappa shape index (κ3) is 5.59. The summed E-state index contributed by atoms with van der Waals surface area (Å²) in [5.74, 6) is -0.205. The van der Waals surface area contributed by atoms with Gasteiger partial charge in [0.1, 0.15) is 17.5 Å². The molecule has 0 aromatic heterocycles. The first-order chi connectivity index (χ1) is 12.2. The number of aliphatic hydroxyl groups is 1. The van der Waals surface area contributed by atoms with E-state index in [0.717, 1.165) is 0 Å². The van der Waals surface area contributed by atoms with Gasteiger partial charge in [0.05, 0.1) is 6.54 Å². The third-order valence-corrected chi connectivity index (χ3v) is 3.95. The average Bonchev–Trinajstić information content (AvgIpc) is 2.58. The Hall–Kier alpha value is -2.35. The van der Waals surface area contributed by atoms with Gasteiger partial charge in [-0.1, -0.05) is 18.2 Å². The van der Waals surface area contributed by atoms with Gasteiger partial charge in [-0.15, -0.1) is 0 Å². The van der Waals surface area contributed by atoms with Crippen molar-refractivity contribution >= 4 is 12.1 Å². The standard InChI is InChI=1S/C18H27FN4O3/c1-18(2,3)26-17(25)23-10-8-22(9-11-23)16(20)21-12-15(24)13-6-4-5-7-14(13)19/h4-7,15,24H,8-12H2,1-3H3,(H2,20,21). The summed E-state index contributed by atoms with van der Waals surface area (Å²) in [6.07, 6.45) is -1.40. The van der Waals surface area contributed by atoms with Crippen LogP contribution in [0.4, 0.5) is 9.18 Å². The second kappa shape index (κ2) is 8.35. The van der Waals surface area contributed by atoms with Crippen LogP contribution in [-0.2, 0) is 4.74 Å². The largest absolute Gasteiger partial charge is 0.444 e. The van der Waals surface area contributed by atoms with Crippen LogP contribution in [0.3, 0.4) is 0 Å². The summed E-state index contributed by atoms with van der Waals surface area (Å²) in [7, 11) is 0. The van der Waals surface area contributed by atoms with E-state index in [-0.39, 0.29) is 24.2 Å². The molecule has 1 aromatic carbocycles. The van der Waals surface area contributed by atoms with E-state index in [1.54, 1.807) is 17.0 Å². The molecule has 0 spiro atoms. The quantitative estimate of drug-likeness (QED) is 0.628. The van der Waals surface area contributed by atoms with Crippen LogP contribution < -0.4 is 5.73 Å². The summed E-state index contributed by atoms with van der Waals surface area (Å²) in [6.45, 7) is 7.43. The van der Waals surface area contributed by atoms with Crippen molar-refractivity contribution in [2.24, 2.45) is 10.7 Å². The van der Waals surface area contributed by atoms with E-state index in [9.17, 15) is 14.3 Å². The Morgan fingerprint density at radius 1 is 1.27 bits per heavy atom. The van der Waals surface area contributed by atoms with E-state index in [1.165, 1.54) is 12.1 Å². The zero-order chi connectivity index (χ0) is 19.3. The number of hydrogen-bond acceptors (Lipinski definition) is 4. The first kappa shape index (κ1) is 20.0. The second-order valence-corrected chi connectivity index (χ2v) is 7.19. The van der Waals surface area contributed by atoms with Gasteiger partial charge >= 0.3 is 6.09 Å². The molecule has 1 aliphatic rings. The number of nitrogens with two attached hydrogens (primary N) is 1. The Morgan fingerprint density at radius 3 is 2.42 bits per heavy atom. The van der Waals surface area contributed by atoms with E-state index in [4.69, 9.17) is 10.5 Å². The van der Waals surface area contributed by atoms with E-state index in [2.05, 4.69) is 4.99 Å². The molecular formula is C18H27FN4O3. The first-order valence-corrected chi connectivity index (χ1v) is 8.62. The molecule has 3 N–H and O–H groups in total. The highest BCUT2D eigenvalue weighted by Crippen LogP contribution is 2.17. The minimum absolute atomic E-state index is 0.0287. The minimum Gasteiger partial charge on any atom is -0.444 e. The van der Waals surface area contributed by atoms with Crippen molar-refractivity contribution in [3.8, 4) is 0 Å². The molecule has 1 fully saturated rings. The number of aliphatic imine (C=N–C) groups is 1. The maximum atomic E-state index is 13.7. The molecule has 2 rings (SSSR count). The van der Waals surface area contributed by atoms with Gasteiger partial charge in [-0.2, -0.15) is 0 Å². The lowest BCUT2D eigenvalue weighted by Gasteiger charge is -2.36. The maximum absolute atomic E-state index is 13.7. The van der Waals surface area contributed by atoms with Crippen molar-refractivity contribution in [2.75, 3.05) is 32.7 Å². The van der Waals surface area contributed by atoms with Crippen LogP contribution in [0.25, 0.3) is 0 Å². The fourth-order valence-corrected chi connectivity index (χ4v) is 2.57. The molecule has 144 valence electrons. The summed E-state index contributed by atoms with van der Waals surface area (Å²) in [4.78, 5) is 19.7. The van der Waals surface area contributed by atoms with Crippen LogP contribution in [-0.4, -0.2) is 65.3 Å². The highest BCUT2D eigenvalue weighted by atomic mass is 19.1. The number of carbonyl (C=O) groups excluding carboxylic acids is 1. The van der Waals surface area contributed by atoms with E-state index < -0.39 is 17.5 Å². The fourth-order valence-electron chi connectivity index (χ4n) is 2.57. The molecule has 1 aromatic rings. The molecule has 26 heavy (non-hydrogen) atoms. The number of aliphatic hydroxyl groups excluding tert-OH is 1. The lowest BCUT2D eigenvalue weighted by atomic mass is 10.1. The van der Waals surface area contributed by atoms with Crippen LogP contribution in [0, 0.1) is 5.82 Å². The molecule has 7 nitrogen and oxygen atoms in total. The Morgan fingerprint density at radius 2 is 1.85 bits per heavy atom. The van der Waals surface area contributed by atoms with Crippen LogP contribution in [0.2, 0.25) is 0 Å². The number of piperazine rings is 1. The van der Waals surface area contributed by atoms with E-state index in [0.29, 0.717) is 26.2 Å². The molecule has 0 radical (unpaired) electrons. The van der Waals surface area contributed by atoms with Crippen molar-refractivity contribution < 1.29 is 19.0 Å². The number of ether oxygens (including phenoxy) is 1. The smallest absolute Gasteiger partial charge is 0.410 e. The van der Waals surface area contributed by atoms with Crippen LogP contribution in [0.1, 0.15) is 32.4 Å². The normalized spacial score (nSPS) is 17.2. The summed E-state index contributed by atoms with van der Waals surface area (Å²) in [5, 5.41) is 10.1.